The van der Waals surface area contributed by atoms with Crippen LogP contribution in [0.25, 0.3) is 0 Å². The van der Waals surface area contributed by atoms with Crippen LogP contribution in [-0.4, -0.2) is 23.8 Å². The molecule has 2 N–H and O–H groups in total. The Labute approximate surface area is 104 Å². The second kappa shape index (κ2) is 5.52. The number of hydrogen-bond donors (Lipinski definition) is 2. The summed E-state index contributed by atoms with van der Waals surface area (Å²) >= 11 is 0. The van der Waals surface area contributed by atoms with Crippen molar-refractivity contribution >= 4 is 11.9 Å². The molecule has 1 aromatic heterocycles. The van der Waals surface area contributed by atoms with Gasteiger partial charge in [0, 0.05) is 6.07 Å². The molecule has 0 aromatic carbocycles. The van der Waals surface area contributed by atoms with E-state index in [1.165, 1.54) is 19.2 Å². The first-order chi connectivity index (χ1) is 8.31. The number of pyridine rings is 1. The van der Waals surface area contributed by atoms with E-state index in [1.54, 1.807) is 20.8 Å². The van der Waals surface area contributed by atoms with Crippen LogP contribution in [0.15, 0.2) is 12.1 Å². The van der Waals surface area contributed by atoms with Crippen LogP contribution in [0.4, 0.5) is 15.0 Å². The number of ether oxygens (including phenoxy) is 2. The lowest BCUT2D eigenvalue weighted by Crippen LogP contribution is -2.36. The average Bonchev–Trinajstić information content (AvgIpc) is 2.25. The Hall–Kier alpha value is -2.05. The Morgan fingerprint density at radius 2 is 2.06 bits per heavy atom. The third-order valence-electron chi connectivity index (χ3n) is 1.71. The Bertz CT molecular complexity index is 432. The van der Waals surface area contributed by atoms with Crippen LogP contribution in [0, 0.1) is 5.82 Å². The third-order valence-corrected chi connectivity index (χ3v) is 1.71. The Balaban J connectivity index is 2.60. The molecule has 0 spiro atoms. The van der Waals surface area contributed by atoms with E-state index in [4.69, 9.17) is 9.47 Å². The molecule has 0 saturated heterocycles. The molecular formula is C11H16FN3O3. The highest BCUT2D eigenvalue weighted by Crippen LogP contribution is 2.15. The number of carbonyl (C=O) groups is 1. The van der Waals surface area contributed by atoms with Crippen molar-refractivity contribution in [3.05, 3.63) is 17.9 Å². The summed E-state index contributed by atoms with van der Waals surface area (Å²) in [6.45, 7) is 5.16. The number of rotatable bonds is 3. The SMILES string of the molecule is COc1ccc(F)c(NNC(=O)OC(C)(C)C)n1. The predicted molar refractivity (Wildman–Crippen MR) is 63.7 cm³/mol. The number of carbonyl (C=O) groups excluding carboxylic acids is 1. The topological polar surface area (TPSA) is 72.5 Å². The van der Waals surface area contributed by atoms with Gasteiger partial charge in [0.2, 0.25) is 5.88 Å². The molecule has 1 aromatic rings. The van der Waals surface area contributed by atoms with Crippen molar-refractivity contribution in [2.45, 2.75) is 26.4 Å². The second-order valence-electron chi connectivity index (χ2n) is 4.44. The van der Waals surface area contributed by atoms with Gasteiger partial charge in [-0.15, -0.1) is 0 Å². The maximum absolute atomic E-state index is 13.3. The number of anilines is 1. The van der Waals surface area contributed by atoms with Gasteiger partial charge < -0.3 is 9.47 Å². The van der Waals surface area contributed by atoms with Crippen LogP contribution in [0.2, 0.25) is 0 Å². The monoisotopic (exact) mass is 257 g/mol. The van der Waals surface area contributed by atoms with E-state index in [0.717, 1.165) is 0 Å². The molecule has 0 bridgehead atoms. The lowest BCUT2D eigenvalue weighted by molar-refractivity contribution is 0.0540. The van der Waals surface area contributed by atoms with Gasteiger partial charge in [-0.1, -0.05) is 0 Å². The summed E-state index contributed by atoms with van der Waals surface area (Å²) < 4.78 is 23.1. The van der Waals surface area contributed by atoms with Gasteiger partial charge in [0.15, 0.2) is 11.6 Å². The van der Waals surface area contributed by atoms with Crippen molar-refractivity contribution in [1.29, 1.82) is 0 Å². The first-order valence-electron chi connectivity index (χ1n) is 5.27. The molecule has 0 radical (unpaired) electrons. The van der Waals surface area contributed by atoms with Gasteiger partial charge in [-0.25, -0.2) is 14.6 Å². The number of nitrogens with zero attached hydrogens (tertiary/aromatic N) is 1. The van der Waals surface area contributed by atoms with E-state index in [9.17, 15) is 9.18 Å². The van der Waals surface area contributed by atoms with Crippen LogP contribution < -0.4 is 15.6 Å². The summed E-state index contributed by atoms with van der Waals surface area (Å²) in [6.07, 6.45) is -0.730. The Morgan fingerprint density at radius 1 is 1.39 bits per heavy atom. The van der Waals surface area contributed by atoms with Crippen LogP contribution in [-0.2, 0) is 4.74 Å². The number of methoxy groups -OCH3 is 1. The molecular weight excluding hydrogens is 241 g/mol. The summed E-state index contributed by atoms with van der Waals surface area (Å²) in [4.78, 5) is 15.1. The number of halogens is 1. The van der Waals surface area contributed by atoms with Gasteiger partial charge in [-0.3, -0.25) is 5.43 Å². The number of amides is 1. The van der Waals surface area contributed by atoms with Crippen molar-refractivity contribution in [2.24, 2.45) is 0 Å². The number of nitrogens with one attached hydrogen (secondary N) is 2. The lowest BCUT2D eigenvalue weighted by atomic mass is 10.2. The van der Waals surface area contributed by atoms with Crippen molar-refractivity contribution in [2.75, 3.05) is 12.5 Å². The summed E-state index contributed by atoms with van der Waals surface area (Å²) in [6, 6.07) is 2.54. The summed E-state index contributed by atoms with van der Waals surface area (Å²) in [5, 5.41) is 0. The fourth-order valence-corrected chi connectivity index (χ4v) is 1.04. The van der Waals surface area contributed by atoms with Crippen LogP contribution >= 0.6 is 0 Å². The fraction of sp³-hybridized carbons (Fsp3) is 0.455. The van der Waals surface area contributed by atoms with E-state index in [1.807, 2.05) is 0 Å². The van der Waals surface area contributed by atoms with Crippen LogP contribution in [0.1, 0.15) is 20.8 Å². The molecule has 0 fully saturated rings. The third kappa shape index (κ3) is 4.44. The van der Waals surface area contributed by atoms with Gasteiger partial charge in [-0.2, -0.15) is 4.98 Å². The zero-order valence-corrected chi connectivity index (χ0v) is 10.7. The first kappa shape index (κ1) is 14.0. The molecule has 100 valence electrons. The van der Waals surface area contributed by atoms with E-state index >= 15 is 0 Å². The largest absolute Gasteiger partial charge is 0.481 e. The standard InChI is InChI=1S/C11H16FN3O3/c1-11(2,3)18-10(16)15-14-9-7(12)5-6-8(13-9)17-4/h5-6H,1-4H3,(H,13,14)(H,15,16). The van der Waals surface area contributed by atoms with Crippen LogP contribution in [0.5, 0.6) is 5.88 Å². The van der Waals surface area contributed by atoms with E-state index in [-0.39, 0.29) is 11.7 Å². The molecule has 0 atom stereocenters. The highest BCUT2D eigenvalue weighted by Gasteiger charge is 2.16. The van der Waals surface area contributed by atoms with E-state index < -0.39 is 17.5 Å². The molecule has 6 nitrogen and oxygen atoms in total. The van der Waals surface area contributed by atoms with Gasteiger partial charge in [-0.05, 0) is 26.8 Å². The van der Waals surface area contributed by atoms with E-state index in [2.05, 4.69) is 15.8 Å². The lowest BCUT2D eigenvalue weighted by Gasteiger charge is -2.20. The molecule has 18 heavy (non-hydrogen) atoms. The predicted octanol–water partition coefficient (Wildman–Crippen LogP) is 2.08. The molecule has 1 heterocycles. The zero-order valence-electron chi connectivity index (χ0n) is 10.7. The quantitative estimate of drug-likeness (QED) is 0.811. The molecule has 0 saturated carbocycles. The molecule has 7 heteroatoms. The molecule has 0 aliphatic heterocycles. The van der Waals surface area contributed by atoms with Gasteiger partial charge in [0.05, 0.1) is 7.11 Å². The minimum absolute atomic E-state index is 0.153. The fourth-order valence-electron chi connectivity index (χ4n) is 1.04. The van der Waals surface area contributed by atoms with Gasteiger partial charge in [0.1, 0.15) is 5.60 Å². The number of hydrazine groups is 1. The maximum Gasteiger partial charge on any atom is 0.426 e. The van der Waals surface area contributed by atoms with Crippen molar-refractivity contribution in [3.63, 3.8) is 0 Å². The minimum Gasteiger partial charge on any atom is -0.481 e. The highest BCUT2D eigenvalue weighted by atomic mass is 19.1. The van der Waals surface area contributed by atoms with E-state index in [0.29, 0.717) is 0 Å². The maximum atomic E-state index is 13.3. The Morgan fingerprint density at radius 3 is 2.61 bits per heavy atom. The highest BCUT2D eigenvalue weighted by molar-refractivity contribution is 5.69. The normalized spacial score (nSPS) is 10.7. The van der Waals surface area contributed by atoms with Crippen molar-refractivity contribution in [3.8, 4) is 5.88 Å². The van der Waals surface area contributed by atoms with Crippen molar-refractivity contribution < 1.29 is 18.7 Å². The van der Waals surface area contributed by atoms with Gasteiger partial charge >= 0.3 is 6.09 Å². The number of aromatic nitrogens is 1. The van der Waals surface area contributed by atoms with Gasteiger partial charge in [0.25, 0.3) is 0 Å². The van der Waals surface area contributed by atoms with Crippen LogP contribution in [0.3, 0.4) is 0 Å². The second-order valence-corrected chi connectivity index (χ2v) is 4.44. The number of hydrogen-bond acceptors (Lipinski definition) is 5. The summed E-state index contributed by atoms with van der Waals surface area (Å²) in [5.41, 5.74) is 3.86. The Kier molecular flexibility index (Phi) is 4.30. The summed E-state index contributed by atoms with van der Waals surface area (Å²) in [7, 11) is 1.41. The minimum atomic E-state index is -0.730. The average molecular weight is 257 g/mol. The first-order valence-corrected chi connectivity index (χ1v) is 5.27. The molecule has 0 aliphatic carbocycles. The van der Waals surface area contributed by atoms with Crippen molar-refractivity contribution in [1.82, 2.24) is 10.4 Å². The summed E-state index contributed by atoms with van der Waals surface area (Å²) in [5.74, 6) is -0.544. The molecule has 1 amide bonds. The molecule has 0 unspecified atom stereocenters. The molecule has 1 rings (SSSR count). The molecule has 0 aliphatic rings. The smallest absolute Gasteiger partial charge is 0.426 e. The zero-order chi connectivity index (χ0) is 13.8.